The minimum atomic E-state index is -0.552. The Hall–Kier alpha value is -1.42. The van der Waals surface area contributed by atoms with E-state index in [-0.39, 0.29) is 11.7 Å². The lowest BCUT2D eigenvalue weighted by Gasteiger charge is -2.16. The van der Waals surface area contributed by atoms with E-state index < -0.39 is 11.6 Å². The smallest absolute Gasteiger partial charge is 0.149 e. The van der Waals surface area contributed by atoms with Crippen LogP contribution in [0.2, 0.25) is 0 Å². The predicted molar refractivity (Wildman–Crippen MR) is 75.2 cm³/mol. The number of hydrogen-bond acceptors (Lipinski definition) is 1. The molecule has 0 fully saturated rings. The Morgan fingerprint density at radius 1 is 1.05 bits per heavy atom. The van der Waals surface area contributed by atoms with Crippen LogP contribution < -0.4 is 5.32 Å². The molecule has 1 aliphatic rings. The lowest BCUT2D eigenvalue weighted by atomic mass is 10.1. The van der Waals surface area contributed by atoms with Crippen molar-refractivity contribution in [2.24, 2.45) is 0 Å². The number of anilines is 1. The van der Waals surface area contributed by atoms with Gasteiger partial charge in [0.15, 0.2) is 0 Å². The number of rotatable bonds is 2. The highest BCUT2D eigenvalue weighted by Crippen LogP contribution is 2.38. The molecule has 0 bridgehead atoms. The van der Waals surface area contributed by atoms with Gasteiger partial charge in [0.2, 0.25) is 0 Å². The molecule has 0 saturated heterocycles. The highest BCUT2D eigenvalue weighted by molar-refractivity contribution is 9.10. The van der Waals surface area contributed by atoms with Crippen molar-refractivity contribution in [3.05, 3.63) is 63.6 Å². The van der Waals surface area contributed by atoms with E-state index in [1.54, 1.807) is 0 Å². The number of benzene rings is 2. The van der Waals surface area contributed by atoms with E-state index in [4.69, 9.17) is 0 Å². The minimum Gasteiger partial charge on any atom is -0.373 e. The van der Waals surface area contributed by atoms with Crippen molar-refractivity contribution in [1.29, 1.82) is 0 Å². The van der Waals surface area contributed by atoms with Crippen molar-refractivity contribution in [3.63, 3.8) is 0 Å². The molecule has 98 valence electrons. The van der Waals surface area contributed by atoms with Gasteiger partial charge in [-0.3, -0.25) is 0 Å². The molecule has 0 radical (unpaired) electrons. The Balaban J connectivity index is 1.93. The van der Waals surface area contributed by atoms with Gasteiger partial charge in [0.25, 0.3) is 0 Å². The Bertz CT molecular complexity index is 607. The molecule has 0 aliphatic heterocycles. The van der Waals surface area contributed by atoms with Crippen LogP contribution in [0, 0.1) is 11.6 Å². The van der Waals surface area contributed by atoms with Crippen LogP contribution in [0.1, 0.15) is 23.6 Å². The third kappa shape index (κ3) is 2.25. The molecule has 1 aliphatic carbocycles. The molecule has 0 saturated carbocycles. The van der Waals surface area contributed by atoms with Crippen molar-refractivity contribution in [1.82, 2.24) is 0 Å². The quantitative estimate of drug-likeness (QED) is 0.834. The summed E-state index contributed by atoms with van der Waals surface area (Å²) in [7, 11) is 0. The summed E-state index contributed by atoms with van der Waals surface area (Å²) < 4.78 is 28.4. The maximum absolute atomic E-state index is 13.6. The van der Waals surface area contributed by atoms with Gasteiger partial charge < -0.3 is 5.32 Å². The Morgan fingerprint density at radius 3 is 2.47 bits per heavy atom. The summed E-state index contributed by atoms with van der Waals surface area (Å²) in [4.78, 5) is 0. The molecule has 0 amide bonds. The van der Waals surface area contributed by atoms with Gasteiger partial charge in [-0.05, 0) is 42.2 Å². The fraction of sp³-hybridized carbons (Fsp3) is 0.200. The second kappa shape index (κ2) is 4.93. The van der Waals surface area contributed by atoms with Crippen LogP contribution in [0.3, 0.4) is 0 Å². The zero-order valence-corrected chi connectivity index (χ0v) is 11.7. The normalized spacial score (nSPS) is 17.3. The summed E-state index contributed by atoms with van der Waals surface area (Å²) in [6.45, 7) is 0. The maximum Gasteiger partial charge on any atom is 0.149 e. The first-order chi connectivity index (χ1) is 9.16. The van der Waals surface area contributed by atoms with Gasteiger partial charge >= 0.3 is 0 Å². The first kappa shape index (κ1) is 12.6. The highest BCUT2D eigenvalue weighted by atomic mass is 79.9. The first-order valence-electron chi connectivity index (χ1n) is 6.14. The molecule has 1 atom stereocenters. The van der Waals surface area contributed by atoms with Crippen LogP contribution in [0.25, 0.3) is 0 Å². The molecule has 1 unspecified atom stereocenters. The largest absolute Gasteiger partial charge is 0.373 e. The molecule has 0 aromatic heterocycles. The summed E-state index contributed by atoms with van der Waals surface area (Å²) in [6, 6.07) is 9.80. The summed E-state index contributed by atoms with van der Waals surface area (Å²) in [6.07, 6.45) is 1.75. The second-order valence-electron chi connectivity index (χ2n) is 4.64. The van der Waals surface area contributed by atoms with E-state index >= 15 is 0 Å². The average molecular weight is 324 g/mol. The van der Waals surface area contributed by atoms with Crippen LogP contribution in [-0.4, -0.2) is 0 Å². The van der Waals surface area contributed by atoms with E-state index in [2.05, 4.69) is 21.2 Å². The van der Waals surface area contributed by atoms with Gasteiger partial charge in [-0.25, -0.2) is 8.78 Å². The number of fused-ring (bicyclic) bond motifs is 1. The zero-order chi connectivity index (χ0) is 13.4. The Labute approximate surface area is 118 Å². The topological polar surface area (TPSA) is 12.0 Å². The number of nitrogens with one attached hydrogen (secondary N) is 1. The summed E-state index contributed by atoms with van der Waals surface area (Å²) in [5, 5.41) is 2.99. The van der Waals surface area contributed by atoms with Crippen LogP contribution in [0.5, 0.6) is 0 Å². The SMILES string of the molecule is Fc1cccc(F)c1NC1CCc2c(Br)cccc21. The molecule has 0 spiro atoms. The van der Waals surface area contributed by atoms with E-state index in [0.29, 0.717) is 0 Å². The van der Waals surface area contributed by atoms with Gasteiger partial charge in [-0.1, -0.05) is 34.1 Å². The van der Waals surface area contributed by atoms with Crippen molar-refractivity contribution >= 4 is 21.6 Å². The number of para-hydroxylation sites is 1. The maximum atomic E-state index is 13.6. The Morgan fingerprint density at radius 2 is 1.74 bits per heavy atom. The summed E-state index contributed by atoms with van der Waals surface area (Å²) in [5.41, 5.74) is 2.29. The molecular formula is C15H12BrF2N. The van der Waals surface area contributed by atoms with Crippen LogP contribution in [0.15, 0.2) is 40.9 Å². The van der Waals surface area contributed by atoms with Gasteiger partial charge in [-0.2, -0.15) is 0 Å². The van der Waals surface area contributed by atoms with E-state index in [1.807, 2.05) is 18.2 Å². The molecule has 3 rings (SSSR count). The van der Waals surface area contributed by atoms with Gasteiger partial charge in [0.1, 0.15) is 17.3 Å². The second-order valence-corrected chi connectivity index (χ2v) is 5.49. The molecule has 0 heterocycles. The van der Waals surface area contributed by atoms with Crippen molar-refractivity contribution in [2.75, 3.05) is 5.32 Å². The summed E-state index contributed by atoms with van der Waals surface area (Å²) in [5.74, 6) is -1.10. The van der Waals surface area contributed by atoms with Gasteiger partial charge in [0, 0.05) is 4.47 Å². The third-order valence-corrected chi connectivity index (χ3v) is 4.24. The van der Waals surface area contributed by atoms with Crippen LogP contribution in [0.4, 0.5) is 14.5 Å². The molecule has 2 aromatic rings. The molecule has 4 heteroatoms. The van der Waals surface area contributed by atoms with Gasteiger partial charge in [0.05, 0.1) is 6.04 Å². The minimum absolute atomic E-state index is 0.0414. The summed E-state index contributed by atoms with van der Waals surface area (Å²) >= 11 is 3.51. The van der Waals surface area contributed by atoms with Crippen LogP contribution in [-0.2, 0) is 6.42 Å². The van der Waals surface area contributed by atoms with E-state index in [9.17, 15) is 8.78 Å². The molecule has 2 aromatic carbocycles. The van der Waals surface area contributed by atoms with Crippen molar-refractivity contribution in [2.45, 2.75) is 18.9 Å². The number of hydrogen-bond donors (Lipinski definition) is 1. The van der Waals surface area contributed by atoms with E-state index in [0.717, 1.165) is 22.9 Å². The standard InChI is InChI=1S/C15H12BrF2N/c16-11-4-1-3-10-9(11)7-8-14(10)19-15-12(17)5-2-6-13(15)18/h1-6,14,19H,7-8H2. The fourth-order valence-corrected chi connectivity index (χ4v) is 3.15. The molecular weight excluding hydrogens is 312 g/mol. The molecule has 1 nitrogen and oxygen atoms in total. The fourth-order valence-electron chi connectivity index (χ4n) is 2.57. The van der Waals surface area contributed by atoms with Crippen molar-refractivity contribution < 1.29 is 8.78 Å². The van der Waals surface area contributed by atoms with Crippen molar-refractivity contribution in [3.8, 4) is 0 Å². The third-order valence-electron chi connectivity index (χ3n) is 3.49. The molecule has 19 heavy (non-hydrogen) atoms. The average Bonchev–Trinajstić information content (AvgIpc) is 2.79. The zero-order valence-electron chi connectivity index (χ0n) is 10.1. The predicted octanol–water partition coefficient (Wildman–Crippen LogP) is 4.83. The lowest BCUT2D eigenvalue weighted by molar-refractivity contribution is 0.582. The molecule has 1 N–H and O–H groups in total. The van der Waals surface area contributed by atoms with E-state index in [1.165, 1.54) is 23.8 Å². The van der Waals surface area contributed by atoms with Crippen LogP contribution >= 0.6 is 15.9 Å². The van der Waals surface area contributed by atoms with Gasteiger partial charge in [-0.15, -0.1) is 0 Å². The number of halogens is 3. The monoisotopic (exact) mass is 323 g/mol. The Kier molecular flexibility index (Phi) is 3.27. The highest BCUT2D eigenvalue weighted by Gasteiger charge is 2.25. The lowest BCUT2D eigenvalue weighted by Crippen LogP contribution is -2.10. The first-order valence-corrected chi connectivity index (χ1v) is 6.94.